The summed E-state index contributed by atoms with van der Waals surface area (Å²) in [7, 11) is 1.40. The molecule has 0 unspecified atom stereocenters. The van der Waals surface area contributed by atoms with E-state index < -0.39 is 4.92 Å². The zero-order valence-electron chi connectivity index (χ0n) is 14.3. The molecule has 1 N–H and O–H groups in total. The van der Waals surface area contributed by atoms with Crippen LogP contribution in [0.5, 0.6) is 5.75 Å². The van der Waals surface area contributed by atoms with E-state index >= 15 is 0 Å². The van der Waals surface area contributed by atoms with Gasteiger partial charge in [-0.25, -0.2) is 0 Å². The number of nitrogens with zero attached hydrogens (tertiary/aromatic N) is 1. The van der Waals surface area contributed by atoms with Gasteiger partial charge in [0, 0.05) is 11.0 Å². The number of hydrogen-bond donors (Lipinski definition) is 1. The average molecular weight is 360 g/mol. The van der Waals surface area contributed by atoms with Gasteiger partial charge in [-0.05, 0) is 29.7 Å². The lowest BCUT2D eigenvalue weighted by Crippen LogP contribution is -2.14. The fraction of sp³-hybridized carbons (Fsp3) is 0.278. The molecule has 0 aliphatic carbocycles. The van der Waals surface area contributed by atoms with Gasteiger partial charge in [-0.15, -0.1) is 11.8 Å². The molecule has 7 heteroatoms. The van der Waals surface area contributed by atoms with E-state index in [0.717, 1.165) is 4.90 Å². The van der Waals surface area contributed by atoms with Crippen molar-refractivity contribution in [3.05, 3.63) is 58.1 Å². The maximum atomic E-state index is 12.1. The van der Waals surface area contributed by atoms with Gasteiger partial charge in [-0.2, -0.15) is 0 Å². The summed E-state index contributed by atoms with van der Waals surface area (Å²) >= 11 is 1.43. The summed E-state index contributed by atoms with van der Waals surface area (Å²) in [6.07, 6.45) is 0. The molecule has 2 aromatic rings. The van der Waals surface area contributed by atoms with Crippen molar-refractivity contribution in [3.8, 4) is 5.75 Å². The number of thioether (sulfide) groups is 1. The fourth-order valence-corrected chi connectivity index (χ4v) is 2.88. The summed E-state index contributed by atoms with van der Waals surface area (Å²) in [5, 5.41) is 13.5. The predicted octanol–water partition coefficient (Wildman–Crippen LogP) is 4.46. The van der Waals surface area contributed by atoms with Crippen molar-refractivity contribution in [2.24, 2.45) is 0 Å². The van der Waals surface area contributed by atoms with Gasteiger partial charge in [0.25, 0.3) is 5.69 Å². The minimum atomic E-state index is -0.509. The minimum absolute atomic E-state index is 0.0885. The number of anilines is 1. The number of benzene rings is 2. The predicted molar refractivity (Wildman–Crippen MR) is 99.5 cm³/mol. The molecule has 2 rings (SSSR count). The van der Waals surface area contributed by atoms with Crippen LogP contribution in [0.2, 0.25) is 0 Å². The summed E-state index contributed by atoms with van der Waals surface area (Å²) in [5.74, 6) is 0.761. The van der Waals surface area contributed by atoms with Crippen molar-refractivity contribution in [1.29, 1.82) is 0 Å². The van der Waals surface area contributed by atoms with Crippen LogP contribution >= 0.6 is 11.8 Å². The van der Waals surface area contributed by atoms with Gasteiger partial charge in [-0.3, -0.25) is 14.9 Å². The second kappa shape index (κ2) is 8.53. The number of non-ortho nitro benzene ring substituents is 1. The van der Waals surface area contributed by atoms with E-state index in [1.54, 1.807) is 0 Å². The highest BCUT2D eigenvalue weighted by Crippen LogP contribution is 2.29. The fourth-order valence-electron chi connectivity index (χ4n) is 2.18. The standard InChI is InChI=1S/C18H20N2O4S/c1-12(2)13-4-7-15(8-5-13)25-11-18(21)19-16-9-6-14(20(22)23)10-17(16)24-3/h4-10,12H,11H2,1-3H3,(H,19,21). The Balaban J connectivity index is 1.97. The van der Waals surface area contributed by atoms with Crippen LogP contribution in [0.4, 0.5) is 11.4 Å². The van der Waals surface area contributed by atoms with E-state index in [9.17, 15) is 14.9 Å². The van der Waals surface area contributed by atoms with Gasteiger partial charge in [0.15, 0.2) is 0 Å². The molecule has 0 fully saturated rings. The van der Waals surface area contributed by atoms with E-state index in [-0.39, 0.29) is 23.1 Å². The number of rotatable bonds is 7. The molecule has 0 aliphatic rings. The van der Waals surface area contributed by atoms with E-state index in [2.05, 4.69) is 31.3 Å². The van der Waals surface area contributed by atoms with Crippen LogP contribution in [0.25, 0.3) is 0 Å². The van der Waals surface area contributed by atoms with Crippen LogP contribution in [0, 0.1) is 10.1 Å². The highest BCUT2D eigenvalue weighted by Gasteiger charge is 2.13. The quantitative estimate of drug-likeness (QED) is 0.448. The summed E-state index contributed by atoms with van der Waals surface area (Å²) in [6, 6.07) is 12.2. The molecule has 132 valence electrons. The van der Waals surface area contributed by atoms with Crippen molar-refractivity contribution in [3.63, 3.8) is 0 Å². The SMILES string of the molecule is COc1cc([N+](=O)[O-])ccc1NC(=O)CSc1ccc(C(C)C)cc1. The van der Waals surface area contributed by atoms with Crippen molar-refractivity contribution in [2.75, 3.05) is 18.2 Å². The number of methoxy groups -OCH3 is 1. The molecular formula is C18H20N2O4S. The molecule has 0 aliphatic heterocycles. The smallest absolute Gasteiger partial charge is 0.273 e. The maximum absolute atomic E-state index is 12.1. The topological polar surface area (TPSA) is 81.5 Å². The summed E-state index contributed by atoms with van der Waals surface area (Å²) in [4.78, 5) is 23.4. The average Bonchev–Trinajstić information content (AvgIpc) is 2.60. The Morgan fingerprint density at radius 3 is 2.48 bits per heavy atom. The molecule has 0 heterocycles. The Labute approximate surface area is 150 Å². The molecule has 2 aromatic carbocycles. The largest absolute Gasteiger partial charge is 0.494 e. The third kappa shape index (κ3) is 5.22. The zero-order chi connectivity index (χ0) is 18.4. The van der Waals surface area contributed by atoms with Gasteiger partial charge in [0.1, 0.15) is 5.75 Å². The van der Waals surface area contributed by atoms with Crippen LogP contribution in [0.1, 0.15) is 25.3 Å². The number of hydrogen-bond acceptors (Lipinski definition) is 5. The Morgan fingerprint density at radius 1 is 1.24 bits per heavy atom. The van der Waals surface area contributed by atoms with E-state index in [1.165, 1.54) is 42.6 Å². The van der Waals surface area contributed by atoms with Crippen LogP contribution in [-0.4, -0.2) is 23.7 Å². The van der Waals surface area contributed by atoms with E-state index in [0.29, 0.717) is 11.6 Å². The molecule has 0 saturated heterocycles. The van der Waals surface area contributed by atoms with Crippen LogP contribution < -0.4 is 10.1 Å². The number of amides is 1. The first-order valence-corrected chi connectivity index (χ1v) is 8.74. The lowest BCUT2D eigenvalue weighted by atomic mass is 10.0. The molecule has 0 saturated carbocycles. The normalized spacial score (nSPS) is 10.6. The Kier molecular flexibility index (Phi) is 6.41. The third-order valence-corrected chi connectivity index (χ3v) is 4.60. The number of ether oxygens (including phenoxy) is 1. The Bertz CT molecular complexity index is 760. The summed E-state index contributed by atoms with van der Waals surface area (Å²) < 4.78 is 5.11. The van der Waals surface area contributed by atoms with Gasteiger partial charge in [-0.1, -0.05) is 26.0 Å². The van der Waals surface area contributed by atoms with Crippen molar-refractivity contribution in [1.82, 2.24) is 0 Å². The number of nitro groups is 1. The molecule has 6 nitrogen and oxygen atoms in total. The first kappa shape index (κ1) is 18.8. The third-order valence-electron chi connectivity index (χ3n) is 3.59. The van der Waals surface area contributed by atoms with Crippen LogP contribution in [-0.2, 0) is 4.79 Å². The van der Waals surface area contributed by atoms with Crippen molar-refractivity contribution >= 4 is 29.0 Å². The van der Waals surface area contributed by atoms with Crippen LogP contribution in [0.15, 0.2) is 47.4 Å². The van der Waals surface area contributed by atoms with E-state index in [4.69, 9.17) is 4.74 Å². The number of nitro benzene ring substituents is 1. The lowest BCUT2D eigenvalue weighted by molar-refractivity contribution is -0.384. The summed E-state index contributed by atoms with van der Waals surface area (Å²) in [6.45, 7) is 4.26. The van der Waals surface area contributed by atoms with Crippen molar-refractivity contribution < 1.29 is 14.5 Å². The number of carbonyl (C=O) groups is 1. The zero-order valence-corrected chi connectivity index (χ0v) is 15.1. The molecule has 0 radical (unpaired) electrons. The molecule has 0 atom stereocenters. The molecule has 0 bridgehead atoms. The highest BCUT2D eigenvalue weighted by molar-refractivity contribution is 8.00. The molecular weight excluding hydrogens is 340 g/mol. The van der Waals surface area contributed by atoms with Crippen molar-refractivity contribution in [2.45, 2.75) is 24.7 Å². The van der Waals surface area contributed by atoms with Gasteiger partial charge in [0.2, 0.25) is 5.91 Å². The Morgan fingerprint density at radius 2 is 1.92 bits per heavy atom. The summed E-state index contributed by atoms with van der Waals surface area (Å²) in [5.41, 5.74) is 1.58. The maximum Gasteiger partial charge on any atom is 0.273 e. The Hall–Kier alpha value is -2.54. The first-order chi connectivity index (χ1) is 11.9. The second-order valence-electron chi connectivity index (χ2n) is 5.70. The monoisotopic (exact) mass is 360 g/mol. The van der Waals surface area contributed by atoms with Crippen LogP contribution in [0.3, 0.4) is 0 Å². The minimum Gasteiger partial charge on any atom is -0.494 e. The van der Waals surface area contributed by atoms with Gasteiger partial charge >= 0.3 is 0 Å². The van der Waals surface area contributed by atoms with Gasteiger partial charge < -0.3 is 10.1 Å². The number of nitrogens with one attached hydrogen (secondary N) is 1. The molecule has 0 aromatic heterocycles. The lowest BCUT2D eigenvalue weighted by Gasteiger charge is -2.10. The second-order valence-corrected chi connectivity index (χ2v) is 6.75. The molecule has 0 spiro atoms. The molecule has 1 amide bonds. The highest BCUT2D eigenvalue weighted by atomic mass is 32.2. The first-order valence-electron chi connectivity index (χ1n) is 7.75. The van der Waals surface area contributed by atoms with Gasteiger partial charge in [0.05, 0.1) is 29.5 Å². The molecule has 25 heavy (non-hydrogen) atoms. The van der Waals surface area contributed by atoms with E-state index in [1.807, 2.05) is 12.1 Å². The number of carbonyl (C=O) groups excluding carboxylic acids is 1.